The molecule has 0 aromatic rings. The van der Waals surface area contributed by atoms with Crippen molar-refractivity contribution < 1.29 is 9.53 Å². The summed E-state index contributed by atoms with van der Waals surface area (Å²) in [4.78, 5) is 13.9. The first-order valence-corrected chi connectivity index (χ1v) is 8.16. The maximum Gasteiger partial charge on any atom is 0.237 e. The van der Waals surface area contributed by atoms with Gasteiger partial charge in [0.25, 0.3) is 0 Å². The second kappa shape index (κ2) is 6.33. The zero-order valence-corrected chi connectivity index (χ0v) is 12.8. The number of carbonyl (C=O) groups is 1. The van der Waals surface area contributed by atoms with Crippen molar-refractivity contribution in [2.24, 2.45) is 11.8 Å². The van der Waals surface area contributed by atoms with Gasteiger partial charge in [-0.2, -0.15) is 5.26 Å². The van der Waals surface area contributed by atoms with Crippen LogP contribution in [0.3, 0.4) is 0 Å². The van der Waals surface area contributed by atoms with Crippen LogP contribution in [0.4, 0.5) is 0 Å². The topological polar surface area (TPSA) is 65.4 Å². The molecule has 21 heavy (non-hydrogen) atoms. The molecule has 1 aliphatic heterocycles. The van der Waals surface area contributed by atoms with Gasteiger partial charge in [-0.1, -0.05) is 0 Å². The van der Waals surface area contributed by atoms with Crippen molar-refractivity contribution in [3.8, 4) is 6.07 Å². The van der Waals surface area contributed by atoms with Gasteiger partial charge in [-0.15, -0.1) is 0 Å². The zero-order chi connectivity index (χ0) is 14.8. The first kappa shape index (κ1) is 14.8. The molecule has 0 aromatic heterocycles. The van der Waals surface area contributed by atoms with Crippen molar-refractivity contribution in [1.29, 1.82) is 5.26 Å². The molecule has 3 aliphatic rings. The molecule has 5 atom stereocenters. The number of likely N-dealkylation sites (tertiary alicyclic amines) is 1. The fraction of sp³-hybridized carbons (Fsp3) is 0.875. The van der Waals surface area contributed by atoms with Crippen LogP contribution < -0.4 is 5.32 Å². The molecule has 116 valence electrons. The number of ether oxygens (including phenoxy) is 1. The lowest BCUT2D eigenvalue weighted by atomic mass is 10.0. The Balaban J connectivity index is 1.43. The van der Waals surface area contributed by atoms with Gasteiger partial charge in [0.1, 0.15) is 6.04 Å². The summed E-state index contributed by atoms with van der Waals surface area (Å²) < 4.78 is 5.46. The van der Waals surface area contributed by atoms with Crippen LogP contribution in [0.25, 0.3) is 0 Å². The number of rotatable bonds is 4. The van der Waals surface area contributed by atoms with Crippen LogP contribution in [0.2, 0.25) is 0 Å². The van der Waals surface area contributed by atoms with Crippen LogP contribution in [-0.2, 0) is 9.53 Å². The standard InChI is InChI=1S/C16H25N3O2/c1-21-15-7-11-5-13(6-12(11)8-15)18-10-16(20)19-4-2-3-14(19)9-17/h11-15,18H,2-8,10H2,1H3/t11-,12+,13-,14-,15-/m0/s1. The van der Waals surface area contributed by atoms with Crippen molar-refractivity contribution in [3.63, 3.8) is 0 Å². The van der Waals surface area contributed by atoms with Crippen molar-refractivity contribution in [3.05, 3.63) is 0 Å². The second-order valence-electron chi connectivity index (χ2n) is 6.77. The fourth-order valence-corrected chi connectivity index (χ4v) is 4.45. The quantitative estimate of drug-likeness (QED) is 0.848. The lowest BCUT2D eigenvalue weighted by Crippen LogP contribution is -2.43. The van der Waals surface area contributed by atoms with Gasteiger partial charge in [-0.25, -0.2) is 0 Å². The average molecular weight is 291 g/mol. The average Bonchev–Trinajstić information content (AvgIpc) is 3.17. The molecule has 3 rings (SSSR count). The normalized spacial score (nSPS) is 38.5. The zero-order valence-electron chi connectivity index (χ0n) is 12.8. The number of fused-ring (bicyclic) bond motifs is 1. The molecule has 0 bridgehead atoms. The molecule has 0 spiro atoms. The summed E-state index contributed by atoms with van der Waals surface area (Å²) in [5, 5.41) is 12.5. The van der Waals surface area contributed by atoms with E-state index >= 15 is 0 Å². The van der Waals surface area contributed by atoms with E-state index in [4.69, 9.17) is 10.00 Å². The number of amides is 1. The molecule has 5 heteroatoms. The third kappa shape index (κ3) is 3.07. The molecule has 2 saturated carbocycles. The highest BCUT2D eigenvalue weighted by molar-refractivity contribution is 5.79. The largest absolute Gasteiger partial charge is 0.381 e. The summed E-state index contributed by atoms with van der Waals surface area (Å²) in [6, 6.07) is 2.49. The monoisotopic (exact) mass is 291 g/mol. The highest BCUT2D eigenvalue weighted by Gasteiger charge is 2.41. The number of hydrogen-bond acceptors (Lipinski definition) is 4. The Morgan fingerprint density at radius 1 is 1.33 bits per heavy atom. The highest BCUT2D eigenvalue weighted by atomic mass is 16.5. The summed E-state index contributed by atoms with van der Waals surface area (Å²) in [5.41, 5.74) is 0. The molecule has 2 aliphatic carbocycles. The molecular weight excluding hydrogens is 266 g/mol. The summed E-state index contributed by atoms with van der Waals surface area (Å²) in [7, 11) is 1.81. The van der Waals surface area contributed by atoms with Gasteiger partial charge in [0.2, 0.25) is 5.91 Å². The minimum absolute atomic E-state index is 0.0888. The molecule has 1 N–H and O–H groups in total. The molecule has 0 unspecified atom stereocenters. The third-order valence-corrected chi connectivity index (χ3v) is 5.57. The van der Waals surface area contributed by atoms with Crippen LogP contribution >= 0.6 is 0 Å². The van der Waals surface area contributed by atoms with Gasteiger partial charge in [-0.3, -0.25) is 4.79 Å². The van der Waals surface area contributed by atoms with Gasteiger partial charge in [0.05, 0.1) is 18.7 Å². The van der Waals surface area contributed by atoms with Gasteiger partial charge in [0, 0.05) is 19.7 Å². The third-order valence-electron chi connectivity index (χ3n) is 5.57. The van der Waals surface area contributed by atoms with E-state index in [0.29, 0.717) is 18.7 Å². The Morgan fingerprint density at radius 2 is 2.05 bits per heavy atom. The van der Waals surface area contributed by atoms with E-state index in [1.807, 2.05) is 7.11 Å². The molecule has 5 nitrogen and oxygen atoms in total. The number of nitrogens with one attached hydrogen (secondary N) is 1. The Bertz CT molecular complexity index is 420. The predicted octanol–water partition coefficient (Wildman–Crippen LogP) is 1.29. The highest BCUT2D eigenvalue weighted by Crippen LogP contribution is 2.44. The van der Waals surface area contributed by atoms with Crippen LogP contribution in [-0.4, -0.2) is 49.2 Å². The Morgan fingerprint density at radius 3 is 2.67 bits per heavy atom. The number of methoxy groups -OCH3 is 1. The van der Waals surface area contributed by atoms with E-state index in [1.165, 1.54) is 25.7 Å². The lowest BCUT2D eigenvalue weighted by molar-refractivity contribution is -0.130. The lowest BCUT2D eigenvalue weighted by Gasteiger charge is -2.21. The molecule has 1 amide bonds. The van der Waals surface area contributed by atoms with E-state index in [1.54, 1.807) is 4.90 Å². The fourth-order valence-electron chi connectivity index (χ4n) is 4.45. The first-order chi connectivity index (χ1) is 10.2. The molecule has 3 fully saturated rings. The second-order valence-corrected chi connectivity index (χ2v) is 6.77. The van der Waals surface area contributed by atoms with Gasteiger partial charge < -0.3 is 15.0 Å². The van der Waals surface area contributed by atoms with Gasteiger partial charge in [0.15, 0.2) is 0 Å². The molecule has 0 aromatic carbocycles. The maximum atomic E-state index is 12.2. The Labute approximate surface area is 126 Å². The summed E-state index contributed by atoms with van der Waals surface area (Å²) >= 11 is 0. The number of carbonyl (C=O) groups excluding carboxylic acids is 1. The van der Waals surface area contributed by atoms with Crippen LogP contribution in [0.1, 0.15) is 38.5 Å². The van der Waals surface area contributed by atoms with E-state index in [2.05, 4.69) is 11.4 Å². The van der Waals surface area contributed by atoms with E-state index < -0.39 is 0 Å². The number of nitriles is 1. The maximum absolute atomic E-state index is 12.2. The minimum Gasteiger partial charge on any atom is -0.381 e. The van der Waals surface area contributed by atoms with Crippen LogP contribution in [0.5, 0.6) is 0 Å². The van der Waals surface area contributed by atoms with Crippen molar-refractivity contribution in [2.75, 3.05) is 20.2 Å². The summed E-state index contributed by atoms with van der Waals surface area (Å²) in [6.07, 6.45) is 6.92. The van der Waals surface area contributed by atoms with E-state index in [0.717, 1.165) is 31.2 Å². The van der Waals surface area contributed by atoms with E-state index in [9.17, 15) is 4.79 Å². The number of hydrogen-bond donors (Lipinski definition) is 1. The van der Waals surface area contributed by atoms with Crippen molar-refractivity contribution in [2.45, 2.75) is 56.7 Å². The SMILES string of the molecule is CO[C@@H]1C[C@H]2C[C@@H](NCC(=O)N3CCC[C@H]3C#N)C[C@H]2C1. The summed E-state index contributed by atoms with van der Waals surface area (Å²) in [5.74, 6) is 1.62. The Hall–Kier alpha value is -1.12. The van der Waals surface area contributed by atoms with Gasteiger partial charge >= 0.3 is 0 Å². The van der Waals surface area contributed by atoms with Crippen molar-refractivity contribution in [1.82, 2.24) is 10.2 Å². The smallest absolute Gasteiger partial charge is 0.237 e. The van der Waals surface area contributed by atoms with E-state index in [-0.39, 0.29) is 11.9 Å². The number of nitrogens with zero attached hydrogens (tertiary/aromatic N) is 2. The van der Waals surface area contributed by atoms with Crippen LogP contribution in [0, 0.1) is 23.2 Å². The Kier molecular flexibility index (Phi) is 4.46. The van der Waals surface area contributed by atoms with Crippen LogP contribution in [0.15, 0.2) is 0 Å². The summed E-state index contributed by atoms with van der Waals surface area (Å²) in [6.45, 7) is 1.13. The molecule has 1 saturated heterocycles. The molecule has 0 radical (unpaired) electrons. The van der Waals surface area contributed by atoms with Gasteiger partial charge in [-0.05, 0) is 50.4 Å². The predicted molar refractivity (Wildman–Crippen MR) is 78.4 cm³/mol. The molecular formula is C16H25N3O2. The first-order valence-electron chi connectivity index (χ1n) is 8.16. The minimum atomic E-state index is -0.204. The molecule has 1 heterocycles. The van der Waals surface area contributed by atoms with Crippen molar-refractivity contribution >= 4 is 5.91 Å².